The minimum absolute atomic E-state index is 0.111. The Bertz CT molecular complexity index is 369. The molecule has 0 N–H and O–H groups in total. The number of hydrogen-bond acceptors (Lipinski definition) is 3. The second kappa shape index (κ2) is 20.5. The Balaban J connectivity index is 1.65. The molecule has 0 spiro atoms. The summed E-state index contributed by atoms with van der Waals surface area (Å²) < 4.78 is 17.0. The van der Waals surface area contributed by atoms with E-state index in [0.29, 0.717) is 13.2 Å². The van der Waals surface area contributed by atoms with Crippen molar-refractivity contribution in [1.29, 1.82) is 0 Å². The summed E-state index contributed by atoms with van der Waals surface area (Å²) in [5.41, 5.74) is 0. The molecule has 186 valence electrons. The van der Waals surface area contributed by atoms with E-state index in [2.05, 4.69) is 6.92 Å². The minimum Gasteiger partial charge on any atom is -0.379 e. The largest absolute Gasteiger partial charge is 0.379 e. The molecule has 0 bridgehead atoms. The van der Waals surface area contributed by atoms with E-state index in [0.717, 1.165) is 6.61 Å². The molecule has 1 saturated heterocycles. The highest BCUT2D eigenvalue weighted by Gasteiger charge is 2.32. The van der Waals surface area contributed by atoms with Gasteiger partial charge in [-0.3, -0.25) is 0 Å². The van der Waals surface area contributed by atoms with Crippen molar-refractivity contribution in [3.05, 3.63) is 0 Å². The summed E-state index contributed by atoms with van der Waals surface area (Å²) in [5.74, 6) is -0.430. The maximum absolute atomic E-state index is 5.75. The molecule has 1 rings (SSSR count). The van der Waals surface area contributed by atoms with E-state index < -0.39 is 5.79 Å². The van der Waals surface area contributed by atoms with Crippen molar-refractivity contribution in [1.82, 2.24) is 0 Å². The molecule has 0 saturated carbocycles. The third-order valence-corrected chi connectivity index (χ3v) is 6.51. The maximum Gasteiger partial charge on any atom is 0.163 e. The van der Waals surface area contributed by atoms with Crippen LogP contribution in [0.4, 0.5) is 0 Å². The molecule has 0 aliphatic carbocycles. The second-order valence-electron chi connectivity index (χ2n) is 10.2. The van der Waals surface area contributed by atoms with Gasteiger partial charge in [-0.05, 0) is 20.3 Å². The van der Waals surface area contributed by atoms with Crippen LogP contribution in [0.5, 0.6) is 0 Å². The number of ether oxygens (including phenoxy) is 3. The van der Waals surface area contributed by atoms with Crippen LogP contribution >= 0.6 is 0 Å². The van der Waals surface area contributed by atoms with Crippen LogP contribution in [-0.4, -0.2) is 31.7 Å². The Hall–Kier alpha value is -0.120. The van der Waals surface area contributed by atoms with Crippen LogP contribution in [0.1, 0.15) is 149 Å². The Morgan fingerprint density at radius 2 is 1.00 bits per heavy atom. The van der Waals surface area contributed by atoms with E-state index in [1.165, 1.54) is 128 Å². The number of unbranched alkanes of at least 4 members (excludes halogenated alkanes) is 19. The molecule has 3 nitrogen and oxygen atoms in total. The molecule has 0 aromatic rings. The van der Waals surface area contributed by atoms with Gasteiger partial charge in [-0.15, -0.1) is 0 Å². The maximum atomic E-state index is 5.75. The molecule has 0 amide bonds. The lowest BCUT2D eigenvalue weighted by Crippen LogP contribution is -2.24. The normalized spacial score (nSPS) is 18.1. The average molecular weight is 441 g/mol. The smallest absolute Gasteiger partial charge is 0.163 e. The summed E-state index contributed by atoms with van der Waals surface area (Å²) >= 11 is 0. The van der Waals surface area contributed by atoms with Gasteiger partial charge in [-0.2, -0.15) is 0 Å². The first kappa shape index (κ1) is 28.9. The van der Waals surface area contributed by atoms with E-state index in [1.54, 1.807) is 0 Å². The van der Waals surface area contributed by atoms with E-state index in [1.807, 2.05) is 13.8 Å². The molecule has 1 aliphatic heterocycles. The van der Waals surface area contributed by atoms with Crippen LogP contribution in [0.3, 0.4) is 0 Å². The highest BCUT2D eigenvalue weighted by Crippen LogP contribution is 2.22. The Kier molecular flexibility index (Phi) is 19.1. The van der Waals surface area contributed by atoms with Gasteiger partial charge in [-0.25, -0.2) is 0 Å². The first-order valence-corrected chi connectivity index (χ1v) is 14.0. The van der Waals surface area contributed by atoms with E-state index in [4.69, 9.17) is 14.2 Å². The summed E-state index contributed by atoms with van der Waals surface area (Å²) in [6.45, 7) is 8.41. The fraction of sp³-hybridized carbons (Fsp3) is 1.00. The van der Waals surface area contributed by atoms with Gasteiger partial charge in [0.15, 0.2) is 5.79 Å². The summed E-state index contributed by atoms with van der Waals surface area (Å²) in [7, 11) is 0. The van der Waals surface area contributed by atoms with Crippen LogP contribution in [0.2, 0.25) is 0 Å². The third-order valence-electron chi connectivity index (χ3n) is 6.51. The van der Waals surface area contributed by atoms with Crippen LogP contribution in [0.25, 0.3) is 0 Å². The quantitative estimate of drug-likeness (QED) is 0.148. The zero-order valence-corrected chi connectivity index (χ0v) is 21.6. The summed E-state index contributed by atoms with van der Waals surface area (Å²) in [6, 6.07) is 0. The SMILES string of the molecule is CCCCCCCCCCCCCCCCCCCCCCOC[C@@H]1COC(C)(C)O1. The molecule has 0 aromatic carbocycles. The zero-order chi connectivity index (χ0) is 22.5. The van der Waals surface area contributed by atoms with E-state index in [9.17, 15) is 0 Å². The van der Waals surface area contributed by atoms with Gasteiger partial charge in [0.1, 0.15) is 6.10 Å². The van der Waals surface area contributed by atoms with Gasteiger partial charge in [0.05, 0.1) is 13.2 Å². The molecule has 0 unspecified atom stereocenters. The molecule has 1 fully saturated rings. The van der Waals surface area contributed by atoms with E-state index >= 15 is 0 Å². The van der Waals surface area contributed by atoms with Crippen molar-refractivity contribution in [2.24, 2.45) is 0 Å². The van der Waals surface area contributed by atoms with Crippen LogP contribution in [0.15, 0.2) is 0 Å². The molecular formula is C28H56O3. The Labute approximate surface area is 195 Å². The Morgan fingerprint density at radius 1 is 0.613 bits per heavy atom. The van der Waals surface area contributed by atoms with Gasteiger partial charge < -0.3 is 14.2 Å². The van der Waals surface area contributed by atoms with Crippen molar-refractivity contribution >= 4 is 0 Å². The summed E-state index contributed by atoms with van der Waals surface area (Å²) in [5, 5.41) is 0. The van der Waals surface area contributed by atoms with Crippen molar-refractivity contribution in [3.8, 4) is 0 Å². The van der Waals surface area contributed by atoms with Gasteiger partial charge in [-0.1, -0.05) is 129 Å². The lowest BCUT2D eigenvalue weighted by atomic mass is 10.0. The molecule has 1 atom stereocenters. The lowest BCUT2D eigenvalue weighted by Gasteiger charge is -2.17. The first-order chi connectivity index (χ1) is 15.1. The Morgan fingerprint density at radius 3 is 1.35 bits per heavy atom. The molecule has 3 heteroatoms. The third kappa shape index (κ3) is 19.1. The molecule has 0 aromatic heterocycles. The van der Waals surface area contributed by atoms with Crippen molar-refractivity contribution < 1.29 is 14.2 Å². The van der Waals surface area contributed by atoms with Gasteiger partial charge in [0.25, 0.3) is 0 Å². The molecule has 1 heterocycles. The summed E-state index contributed by atoms with van der Waals surface area (Å²) in [4.78, 5) is 0. The van der Waals surface area contributed by atoms with E-state index in [-0.39, 0.29) is 6.10 Å². The number of rotatable bonds is 23. The second-order valence-corrected chi connectivity index (χ2v) is 10.2. The van der Waals surface area contributed by atoms with Gasteiger partial charge in [0, 0.05) is 6.61 Å². The molecule has 0 radical (unpaired) electrons. The van der Waals surface area contributed by atoms with Crippen LogP contribution < -0.4 is 0 Å². The minimum atomic E-state index is -0.430. The highest BCUT2D eigenvalue weighted by molar-refractivity contribution is 4.70. The topological polar surface area (TPSA) is 27.7 Å². The first-order valence-electron chi connectivity index (χ1n) is 14.0. The fourth-order valence-electron chi connectivity index (χ4n) is 4.52. The standard InChI is InChI=1S/C28H56O3/c1-4-5-6-7-8-9-10-11-12-13-14-15-16-17-18-19-20-21-22-23-24-29-25-27-26-30-28(2,3)31-27/h27H,4-26H2,1-3H3/t27-/m1/s1. The predicted molar refractivity (Wildman–Crippen MR) is 134 cm³/mol. The average Bonchev–Trinajstić information content (AvgIpc) is 3.10. The van der Waals surface area contributed by atoms with Crippen molar-refractivity contribution in [3.63, 3.8) is 0 Å². The van der Waals surface area contributed by atoms with Crippen LogP contribution in [-0.2, 0) is 14.2 Å². The van der Waals surface area contributed by atoms with Crippen molar-refractivity contribution in [2.45, 2.75) is 161 Å². The summed E-state index contributed by atoms with van der Waals surface area (Å²) in [6.07, 6.45) is 28.6. The fourth-order valence-corrected chi connectivity index (χ4v) is 4.52. The predicted octanol–water partition coefficient (Wildman–Crippen LogP) is 8.98. The van der Waals surface area contributed by atoms with Crippen molar-refractivity contribution in [2.75, 3.05) is 19.8 Å². The molecule has 1 aliphatic rings. The number of hydrogen-bond donors (Lipinski definition) is 0. The lowest BCUT2D eigenvalue weighted by molar-refractivity contribution is -0.145. The highest BCUT2D eigenvalue weighted by atomic mass is 16.7. The molecule has 31 heavy (non-hydrogen) atoms. The monoisotopic (exact) mass is 440 g/mol. The van der Waals surface area contributed by atoms with Gasteiger partial charge >= 0.3 is 0 Å². The zero-order valence-electron chi connectivity index (χ0n) is 21.6. The van der Waals surface area contributed by atoms with Gasteiger partial charge in [0.2, 0.25) is 0 Å². The molecular weight excluding hydrogens is 384 g/mol. The van der Waals surface area contributed by atoms with Crippen LogP contribution in [0, 0.1) is 0 Å².